The van der Waals surface area contributed by atoms with Crippen LogP contribution in [0.25, 0.3) is 16.9 Å². The summed E-state index contributed by atoms with van der Waals surface area (Å²) in [4.78, 5) is 0. The molecule has 1 fully saturated rings. The van der Waals surface area contributed by atoms with E-state index in [9.17, 15) is 0 Å². The van der Waals surface area contributed by atoms with Crippen LogP contribution in [0.5, 0.6) is 0 Å². The Balaban J connectivity index is 0.000000461. The summed E-state index contributed by atoms with van der Waals surface area (Å²) in [5.41, 5.74) is 13.9. The molecule has 2 aliphatic rings. The minimum atomic E-state index is 0. The number of hydrogen-bond acceptors (Lipinski definition) is 0. The Morgan fingerprint density at radius 1 is 0.722 bits per heavy atom. The molecule has 3 aromatic rings. The van der Waals surface area contributed by atoms with Crippen LogP contribution in [0.2, 0.25) is 0 Å². The summed E-state index contributed by atoms with van der Waals surface area (Å²) < 4.78 is 0. The van der Waals surface area contributed by atoms with Crippen LogP contribution in [0, 0.1) is 19.4 Å². The van der Waals surface area contributed by atoms with Gasteiger partial charge in [-0.3, -0.25) is 6.08 Å². The first kappa shape index (κ1) is 34.2. The van der Waals surface area contributed by atoms with Crippen molar-refractivity contribution in [1.82, 2.24) is 0 Å². The van der Waals surface area contributed by atoms with E-state index >= 15 is 0 Å². The molecule has 2 aliphatic carbocycles. The second kappa shape index (κ2) is 19.3. The first-order valence-electron chi connectivity index (χ1n) is 12.3. The molecule has 1 unspecified atom stereocenters. The Bertz CT molecular complexity index is 970. The molecular formula is C33H43HfNSi-3. The third kappa shape index (κ3) is 12.9. The molecule has 0 bridgehead atoms. The summed E-state index contributed by atoms with van der Waals surface area (Å²) in [5, 5.41) is 1.35. The predicted octanol–water partition coefficient (Wildman–Crippen LogP) is 8.45. The zero-order chi connectivity index (χ0) is 24.8. The van der Waals surface area contributed by atoms with Gasteiger partial charge in [0.1, 0.15) is 0 Å². The fourth-order valence-corrected chi connectivity index (χ4v) is 4.10. The molecule has 0 aromatic heterocycles. The summed E-state index contributed by atoms with van der Waals surface area (Å²) in [6.45, 7) is 8.67. The molecule has 0 amide bonds. The van der Waals surface area contributed by atoms with Crippen LogP contribution < -0.4 is 5.19 Å². The van der Waals surface area contributed by atoms with Gasteiger partial charge in [-0.15, -0.1) is 13.0 Å². The average molecular weight is 660 g/mol. The smallest absolute Gasteiger partial charge is 0.0477 e. The number of hydrogen-bond donors (Lipinski definition) is 0. The second-order valence-corrected chi connectivity index (χ2v) is 9.81. The molecule has 1 atom stereocenters. The molecule has 3 aromatic carbocycles. The topological polar surface area (TPSA) is 23.8 Å². The van der Waals surface area contributed by atoms with Gasteiger partial charge in [0.25, 0.3) is 0 Å². The maximum atomic E-state index is 7.13. The van der Waals surface area contributed by atoms with Crippen molar-refractivity contribution in [2.45, 2.75) is 59.4 Å². The Kier molecular flexibility index (Phi) is 18.3. The summed E-state index contributed by atoms with van der Waals surface area (Å²) in [5.74, 6) is 0.560. The van der Waals surface area contributed by atoms with Gasteiger partial charge in [0, 0.05) is 36.1 Å². The van der Waals surface area contributed by atoms with E-state index in [1.807, 2.05) is 40.6 Å². The van der Waals surface area contributed by atoms with Gasteiger partial charge >= 0.3 is 0 Å². The Morgan fingerprint density at radius 2 is 1.11 bits per heavy atom. The zero-order valence-corrected chi connectivity index (χ0v) is 27.9. The molecule has 0 saturated heterocycles. The van der Waals surface area contributed by atoms with E-state index in [1.165, 1.54) is 45.9 Å². The zero-order valence-electron chi connectivity index (χ0n) is 22.9. The van der Waals surface area contributed by atoms with E-state index in [4.69, 9.17) is 5.73 Å². The monoisotopic (exact) mass is 661 g/mol. The summed E-state index contributed by atoms with van der Waals surface area (Å²) >= 11 is 0. The van der Waals surface area contributed by atoms with E-state index in [2.05, 4.69) is 94.4 Å². The SMILES string of the molecule is CC1=[C-]C(C)C(C)=C1C.[CH3-].[Hf].[NH-]C1CCCC1.[SiH2]c1ccccc1.c1ccc(-c2ccccc2)cc1. The number of benzene rings is 3. The van der Waals surface area contributed by atoms with Crippen LogP contribution >= 0.6 is 0 Å². The van der Waals surface area contributed by atoms with Crippen molar-refractivity contribution in [2.24, 2.45) is 5.92 Å². The van der Waals surface area contributed by atoms with E-state index in [-0.39, 0.29) is 33.3 Å². The molecule has 0 aliphatic heterocycles. The summed E-state index contributed by atoms with van der Waals surface area (Å²) in [7, 11) is 1.90. The Morgan fingerprint density at radius 3 is 1.31 bits per heavy atom. The van der Waals surface area contributed by atoms with Gasteiger partial charge in [0.05, 0.1) is 0 Å². The predicted molar refractivity (Wildman–Crippen MR) is 159 cm³/mol. The van der Waals surface area contributed by atoms with E-state index < -0.39 is 0 Å². The fourth-order valence-electron chi connectivity index (χ4n) is 3.83. The summed E-state index contributed by atoms with van der Waals surface area (Å²) in [6.07, 6.45) is 8.26. The molecule has 3 heteroatoms. The molecule has 1 N–H and O–H groups in total. The van der Waals surface area contributed by atoms with Crippen LogP contribution in [0.15, 0.2) is 108 Å². The number of rotatable bonds is 1. The number of nitrogens with one attached hydrogen (secondary N) is 1. The minimum Gasteiger partial charge on any atom is -0.675 e. The minimum absolute atomic E-state index is 0. The average Bonchev–Trinajstić information content (AvgIpc) is 3.44. The first-order valence-corrected chi connectivity index (χ1v) is 13.1. The van der Waals surface area contributed by atoms with Gasteiger partial charge in [0.15, 0.2) is 0 Å². The van der Waals surface area contributed by atoms with Gasteiger partial charge in [-0.2, -0.15) is 11.1 Å². The Hall–Kier alpha value is -1.81. The van der Waals surface area contributed by atoms with Gasteiger partial charge in [0.2, 0.25) is 0 Å². The van der Waals surface area contributed by atoms with Gasteiger partial charge < -0.3 is 13.2 Å². The van der Waals surface area contributed by atoms with Gasteiger partial charge in [-0.05, 0) is 11.1 Å². The van der Waals surface area contributed by atoms with E-state index in [1.54, 1.807) is 0 Å². The quantitative estimate of drug-likeness (QED) is 0.185. The van der Waals surface area contributed by atoms with Gasteiger partial charge in [-0.1, -0.05) is 149 Å². The van der Waals surface area contributed by atoms with Crippen LogP contribution in [0.3, 0.4) is 0 Å². The van der Waals surface area contributed by atoms with Crippen LogP contribution in [0.4, 0.5) is 0 Å². The molecule has 5 rings (SSSR count). The normalized spacial score (nSPS) is 15.9. The molecule has 0 heterocycles. The van der Waals surface area contributed by atoms with Crippen molar-refractivity contribution in [3.63, 3.8) is 0 Å². The van der Waals surface area contributed by atoms with Crippen molar-refractivity contribution in [2.75, 3.05) is 0 Å². The summed E-state index contributed by atoms with van der Waals surface area (Å²) in [6, 6.07) is 31.4. The maximum Gasteiger partial charge on any atom is 0.0477 e. The van der Waals surface area contributed by atoms with Crippen molar-refractivity contribution in [1.29, 1.82) is 0 Å². The van der Waals surface area contributed by atoms with Gasteiger partial charge in [-0.25, -0.2) is 5.57 Å². The standard InChI is InChI=1S/C12H10.C9H13.C6H7Si.C5H10N.CH3.Hf/c1-3-7-11(8-4-1)12-9-5-2-6-10-12;1-6-5-7(2)9(4)8(6)3;7-6-4-2-1-3-5-6;6-5-3-1-2-4-5;;/h1-10H;6H,1-4H3;1-5H,7H2;5-6H,1-4H2;1H3;/q;-1;;2*-1;. The molecule has 0 spiro atoms. The van der Waals surface area contributed by atoms with Crippen LogP contribution in [-0.2, 0) is 25.8 Å². The molecule has 36 heavy (non-hydrogen) atoms. The van der Waals surface area contributed by atoms with Crippen molar-refractivity contribution < 1.29 is 25.8 Å². The number of allylic oxidation sites excluding steroid dienone is 4. The van der Waals surface area contributed by atoms with Crippen LogP contribution in [0.1, 0.15) is 53.4 Å². The fraction of sp³-hybridized carbons (Fsp3) is 0.303. The molecule has 1 saturated carbocycles. The van der Waals surface area contributed by atoms with Crippen molar-refractivity contribution in [3.8, 4) is 11.1 Å². The second-order valence-electron chi connectivity index (χ2n) is 9.00. The van der Waals surface area contributed by atoms with Crippen molar-refractivity contribution in [3.05, 3.63) is 127 Å². The largest absolute Gasteiger partial charge is 0.675 e. The molecule has 1 radical (unpaired) electrons. The third-order valence-corrected chi connectivity index (χ3v) is 6.79. The van der Waals surface area contributed by atoms with E-state index in [0.29, 0.717) is 12.0 Å². The first-order chi connectivity index (χ1) is 16.4. The van der Waals surface area contributed by atoms with Crippen molar-refractivity contribution >= 4 is 15.4 Å². The molecular weight excluding hydrogens is 617 g/mol. The molecule has 1 nitrogen and oxygen atoms in total. The van der Waals surface area contributed by atoms with Crippen LogP contribution in [-0.4, -0.2) is 16.3 Å². The Labute approximate surface area is 243 Å². The maximum absolute atomic E-state index is 7.13. The van der Waals surface area contributed by atoms with E-state index in [0.717, 1.165) is 12.8 Å². The third-order valence-electron chi connectivity index (χ3n) is 6.32. The molecule has 191 valence electrons.